The molecule has 0 atom stereocenters. The van der Waals surface area contributed by atoms with Crippen LogP contribution in [0.3, 0.4) is 0 Å². The minimum Gasteiger partial charge on any atom is -0.207 e. The first-order valence-electron chi connectivity index (χ1n) is 3.20. The van der Waals surface area contributed by atoms with Crippen LogP contribution in [0.2, 0.25) is 0 Å². The van der Waals surface area contributed by atoms with Gasteiger partial charge in [0.25, 0.3) is 0 Å². The van der Waals surface area contributed by atoms with Crippen LogP contribution in [0.1, 0.15) is 0 Å². The normalized spacial score (nSPS) is 11.9. The van der Waals surface area contributed by atoms with Gasteiger partial charge in [-0.2, -0.15) is 13.2 Å². The van der Waals surface area contributed by atoms with Crippen LogP contribution in [0.15, 0.2) is 17.0 Å². The predicted octanol–water partition coefficient (Wildman–Crippen LogP) is 4.65. The first kappa shape index (κ1) is 12.8. The minimum absolute atomic E-state index is 0.0949. The Morgan fingerprint density at radius 1 is 1.14 bits per heavy atom. The third-order valence-corrected chi connectivity index (χ3v) is 5.37. The molecule has 0 heterocycles. The van der Waals surface area contributed by atoms with Gasteiger partial charge in [-0.05, 0) is 69.1 Å². The van der Waals surface area contributed by atoms with Crippen molar-refractivity contribution in [2.24, 2.45) is 0 Å². The maximum atomic E-state index is 12.8. The molecule has 0 aliphatic rings. The quantitative estimate of drug-likeness (QED) is 0.261. The van der Waals surface area contributed by atoms with Crippen molar-refractivity contribution < 1.29 is 17.6 Å². The molecule has 78 valence electrons. The van der Waals surface area contributed by atoms with Gasteiger partial charge in [0.05, 0.1) is 0 Å². The molecule has 0 aromatic heterocycles. The second kappa shape index (κ2) is 4.73. The van der Waals surface area contributed by atoms with E-state index in [4.69, 9.17) is 0 Å². The molecular formula is C7H2F4I2S. The Bertz CT molecular complexity index is 350. The van der Waals surface area contributed by atoms with Crippen LogP contribution >= 0.6 is 56.9 Å². The lowest BCUT2D eigenvalue weighted by Gasteiger charge is -2.08. The van der Waals surface area contributed by atoms with Gasteiger partial charge in [0.15, 0.2) is 0 Å². The van der Waals surface area contributed by atoms with Gasteiger partial charge in [0.2, 0.25) is 0 Å². The fourth-order valence-electron chi connectivity index (χ4n) is 0.731. The maximum Gasteiger partial charge on any atom is 0.446 e. The van der Waals surface area contributed by atoms with Gasteiger partial charge in [0.1, 0.15) is 5.82 Å². The molecular weight excluding hydrogens is 446 g/mol. The molecule has 0 saturated carbocycles. The number of rotatable bonds is 1. The monoisotopic (exact) mass is 448 g/mol. The van der Waals surface area contributed by atoms with E-state index in [9.17, 15) is 17.6 Å². The lowest BCUT2D eigenvalue weighted by Crippen LogP contribution is -2.01. The molecule has 0 nitrogen and oxygen atoms in total. The number of alkyl halides is 3. The summed E-state index contributed by atoms with van der Waals surface area (Å²) in [4.78, 5) is -0.0949. The number of halogens is 6. The van der Waals surface area contributed by atoms with Crippen LogP contribution in [0.5, 0.6) is 0 Å². The molecule has 1 aromatic rings. The molecule has 14 heavy (non-hydrogen) atoms. The molecule has 0 aliphatic carbocycles. The van der Waals surface area contributed by atoms with Crippen molar-refractivity contribution in [1.82, 2.24) is 0 Å². The lowest BCUT2D eigenvalue weighted by atomic mass is 10.3. The summed E-state index contributed by atoms with van der Waals surface area (Å²) in [6.45, 7) is 0. The van der Waals surface area contributed by atoms with Gasteiger partial charge in [-0.25, -0.2) is 4.39 Å². The summed E-state index contributed by atoms with van der Waals surface area (Å²) in [6, 6.07) is 2.09. The van der Waals surface area contributed by atoms with Crippen LogP contribution in [-0.4, -0.2) is 5.51 Å². The van der Waals surface area contributed by atoms with Gasteiger partial charge in [-0.3, -0.25) is 0 Å². The van der Waals surface area contributed by atoms with Crippen molar-refractivity contribution in [2.45, 2.75) is 10.4 Å². The molecule has 0 aliphatic heterocycles. The first-order valence-corrected chi connectivity index (χ1v) is 6.17. The standard InChI is InChI=1S/C7H2F4I2S/c8-3-1-4(12)6(13)5(2-3)14-7(9,10)11/h1-2H. The number of hydrogen-bond acceptors (Lipinski definition) is 1. The highest BCUT2D eigenvalue weighted by Crippen LogP contribution is 2.40. The molecule has 0 bridgehead atoms. The Kier molecular flexibility index (Phi) is 4.33. The van der Waals surface area contributed by atoms with Gasteiger partial charge >= 0.3 is 5.51 Å². The van der Waals surface area contributed by atoms with Crippen molar-refractivity contribution in [3.05, 3.63) is 25.1 Å². The molecule has 0 fully saturated rings. The molecule has 0 radical (unpaired) electrons. The van der Waals surface area contributed by atoms with Gasteiger partial charge in [-0.1, -0.05) is 0 Å². The zero-order chi connectivity index (χ0) is 10.9. The fourth-order valence-corrected chi connectivity index (χ4v) is 2.76. The minimum atomic E-state index is -4.38. The predicted molar refractivity (Wildman–Crippen MR) is 63.7 cm³/mol. The summed E-state index contributed by atoms with van der Waals surface area (Å²) in [5.41, 5.74) is -4.38. The van der Waals surface area contributed by atoms with Crippen LogP contribution in [-0.2, 0) is 0 Å². The molecule has 0 unspecified atom stereocenters. The second-order valence-corrected chi connectivity index (χ2v) is 5.60. The lowest BCUT2D eigenvalue weighted by molar-refractivity contribution is -0.0328. The van der Waals surface area contributed by atoms with Crippen LogP contribution < -0.4 is 0 Å². The number of benzene rings is 1. The molecule has 0 spiro atoms. The summed E-state index contributed by atoms with van der Waals surface area (Å²) in [7, 11) is 0. The Morgan fingerprint density at radius 3 is 2.21 bits per heavy atom. The SMILES string of the molecule is Fc1cc(I)c(I)c(SC(F)(F)F)c1. The highest BCUT2D eigenvalue weighted by atomic mass is 127. The Labute approximate surface area is 109 Å². The van der Waals surface area contributed by atoms with E-state index in [1.54, 1.807) is 45.2 Å². The third kappa shape index (κ3) is 3.72. The zero-order valence-corrected chi connectivity index (χ0v) is 11.5. The van der Waals surface area contributed by atoms with Gasteiger partial charge < -0.3 is 0 Å². The molecule has 7 heteroatoms. The third-order valence-electron chi connectivity index (χ3n) is 1.19. The van der Waals surface area contributed by atoms with Crippen molar-refractivity contribution in [3.8, 4) is 0 Å². The Balaban J connectivity index is 3.09. The van der Waals surface area contributed by atoms with Crippen molar-refractivity contribution in [3.63, 3.8) is 0 Å². The zero-order valence-electron chi connectivity index (χ0n) is 6.33. The van der Waals surface area contributed by atoms with E-state index < -0.39 is 11.3 Å². The molecule has 1 rings (SSSR count). The fraction of sp³-hybridized carbons (Fsp3) is 0.143. The highest BCUT2D eigenvalue weighted by molar-refractivity contribution is 14.1. The Hall–Kier alpha value is 0.750. The van der Waals surface area contributed by atoms with Crippen molar-refractivity contribution >= 4 is 56.9 Å². The molecule has 1 aromatic carbocycles. The van der Waals surface area contributed by atoms with E-state index in [1.807, 2.05) is 0 Å². The largest absolute Gasteiger partial charge is 0.446 e. The van der Waals surface area contributed by atoms with E-state index in [0.29, 0.717) is 7.14 Å². The van der Waals surface area contributed by atoms with Crippen LogP contribution in [0.25, 0.3) is 0 Å². The summed E-state index contributed by atoms with van der Waals surface area (Å²) < 4.78 is 49.8. The average Bonchev–Trinajstić information content (AvgIpc) is 1.96. The van der Waals surface area contributed by atoms with Crippen molar-refractivity contribution in [2.75, 3.05) is 0 Å². The van der Waals surface area contributed by atoms with Crippen LogP contribution in [0.4, 0.5) is 17.6 Å². The summed E-state index contributed by atoms with van der Waals surface area (Å²) in [5, 5.41) is 0. The smallest absolute Gasteiger partial charge is 0.207 e. The summed E-state index contributed by atoms with van der Waals surface area (Å²) in [5.74, 6) is -0.651. The van der Waals surface area contributed by atoms with Crippen LogP contribution in [0, 0.1) is 13.0 Å². The van der Waals surface area contributed by atoms with E-state index in [-0.39, 0.29) is 16.7 Å². The molecule has 0 N–H and O–H groups in total. The van der Waals surface area contributed by atoms with E-state index in [1.165, 1.54) is 6.07 Å². The average molecular weight is 448 g/mol. The maximum absolute atomic E-state index is 12.8. The topological polar surface area (TPSA) is 0 Å². The number of hydrogen-bond donors (Lipinski definition) is 0. The van der Waals surface area contributed by atoms with E-state index >= 15 is 0 Å². The van der Waals surface area contributed by atoms with Gasteiger partial charge in [0, 0.05) is 12.0 Å². The molecule has 0 amide bonds. The first-order chi connectivity index (χ1) is 6.29. The van der Waals surface area contributed by atoms with Gasteiger partial charge in [-0.15, -0.1) is 0 Å². The number of thioether (sulfide) groups is 1. The highest BCUT2D eigenvalue weighted by Gasteiger charge is 2.30. The second-order valence-electron chi connectivity index (χ2n) is 2.25. The summed E-state index contributed by atoms with van der Waals surface area (Å²) >= 11 is 3.27. The molecule has 0 saturated heterocycles. The summed E-state index contributed by atoms with van der Waals surface area (Å²) in [6.07, 6.45) is 0. The Morgan fingerprint density at radius 2 is 1.71 bits per heavy atom. The van der Waals surface area contributed by atoms with E-state index in [0.717, 1.165) is 6.07 Å². The van der Waals surface area contributed by atoms with E-state index in [2.05, 4.69) is 0 Å². The van der Waals surface area contributed by atoms with Crippen molar-refractivity contribution in [1.29, 1.82) is 0 Å².